The van der Waals surface area contributed by atoms with Crippen LogP contribution in [0.15, 0.2) is 18.2 Å². The molecular formula is C14H19ClFIN2O. The van der Waals surface area contributed by atoms with Crippen molar-refractivity contribution in [2.75, 3.05) is 19.6 Å². The van der Waals surface area contributed by atoms with Crippen LogP contribution in [-0.2, 0) is 0 Å². The second kappa shape index (κ2) is 8.79. The van der Waals surface area contributed by atoms with E-state index in [9.17, 15) is 9.18 Å². The standard InChI is InChI=1S/C14H18FIN2O.ClH/c15-12-8-11(3-4-13(12)16)14(19)18-7-5-10-2-1-6-17-9-10;/h3-4,8,10,17H,1-2,5-7,9H2,(H,18,19);1H. The van der Waals surface area contributed by atoms with Crippen molar-refractivity contribution in [1.82, 2.24) is 10.6 Å². The summed E-state index contributed by atoms with van der Waals surface area (Å²) in [6.45, 7) is 2.79. The Balaban J connectivity index is 0.00000200. The first-order chi connectivity index (χ1) is 9.16. The molecule has 1 atom stereocenters. The van der Waals surface area contributed by atoms with Gasteiger partial charge in [-0.15, -0.1) is 12.4 Å². The normalized spacial score (nSPS) is 18.2. The van der Waals surface area contributed by atoms with Crippen LogP contribution in [0.25, 0.3) is 0 Å². The maximum absolute atomic E-state index is 13.4. The van der Waals surface area contributed by atoms with Crippen LogP contribution in [-0.4, -0.2) is 25.5 Å². The summed E-state index contributed by atoms with van der Waals surface area (Å²) in [5.74, 6) is 0.103. The monoisotopic (exact) mass is 412 g/mol. The summed E-state index contributed by atoms with van der Waals surface area (Å²) >= 11 is 1.91. The summed E-state index contributed by atoms with van der Waals surface area (Å²) in [6, 6.07) is 4.57. The molecule has 1 unspecified atom stereocenters. The average Bonchev–Trinajstić information content (AvgIpc) is 2.43. The van der Waals surface area contributed by atoms with Crippen LogP contribution in [0.2, 0.25) is 0 Å². The molecule has 2 rings (SSSR count). The first kappa shape index (κ1) is 17.7. The Morgan fingerprint density at radius 2 is 2.30 bits per heavy atom. The van der Waals surface area contributed by atoms with E-state index in [1.807, 2.05) is 22.6 Å². The van der Waals surface area contributed by atoms with E-state index in [2.05, 4.69) is 10.6 Å². The molecule has 1 aliphatic heterocycles. The summed E-state index contributed by atoms with van der Waals surface area (Å²) in [7, 11) is 0. The average molecular weight is 413 g/mol. The number of piperidine rings is 1. The van der Waals surface area contributed by atoms with E-state index in [-0.39, 0.29) is 24.1 Å². The topological polar surface area (TPSA) is 41.1 Å². The lowest BCUT2D eigenvalue weighted by molar-refractivity contribution is 0.0950. The molecule has 1 saturated heterocycles. The van der Waals surface area contributed by atoms with E-state index in [4.69, 9.17) is 0 Å². The second-order valence-electron chi connectivity index (χ2n) is 4.89. The number of amides is 1. The van der Waals surface area contributed by atoms with Gasteiger partial charge in [0.1, 0.15) is 5.82 Å². The molecule has 1 amide bonds. The lowest BCUT2D eigenvalue weighted by Crippen LogP contribution is -2.33. The molecule has 1 aliphatic rings. The van der Waals surface area contributed by atoms with Gasteiger partial charge in [0.25, 0.3) is 5.91 Å². The van der Waals surface area contributed by atoms with Gasteiger partial charge in [-0.05, 0) is 79.1 Å². The summed E-state index contributed by atoms with van der Waals surface area (Å²) < 4.78 is 13.9. The Labute approximate surface area is 138 Å². The first-order valence-electron chi connectivity index (χ1n) is 6.61. The van der Waals surface area contributed by atoms with Gasteiger partial charge in [0.2, 0.25) is 0 Å². The molecular weight excluding hydrogens is 394 g/mol. The molecule has 0 aromatic heterocycles. The fraction of sp³-hybridized carbons (Fsp3) is 0.500. The minimum absolute atomic E-state index is 0. The number of rotatable bonds is 4. The smallest absolute Gasteiger partial charge is 0.251 e. The predicted octanol–water partition coefficient (Wildman–Crippen LogP) is 2.97. The highest BCUT2D eigenvalue weighted by molar-refractivity contribution is 14.1. The number of nitrogens with one attached hydrogen (secondary N) is 2. The Morgan fingerprint density at radius 1 is 1.50 bits per heavy atom. The van der Waals surface area contributed by atoms with Gasteiger partial charge >= 0.3 is 0 Å². The van der Waals surface area contributed by atoms with Crippen molar-refractivity contribution in [2.45, 2.75) is 19.3 Å². The largest absolute Gasteiger partial charge is 0.352 e. The second-order valence-corrected chi connectivity index (χ2v) is 6.05. The zero-order chi connectivity index (χ0) is 13.7. The van der Waals surface area contributed by atoms with Crippen molar-refractivity contribution in [3.8, 4) is 0 Å². The Kier molecular flexibility index (Phi) is 7.76. The molecule has 3 nitrogen and oxygen atoms in total. The Morgan fingerprint density at radius 3 is 2.95 bits per heavy atom. The molecule has 6 heteroatoms. The highest BCUT2D eigenvalue weighted by atomic mass is 127. The van der Waals surface area contributed by atoms with Crippen molar-refractivity contribution in [1.29, 1.82) is 0 Å². The van der Waals surface area contributed by atoms with Gasteiger partial charge in [-0.3, -0.25) is 4.79 Å². The Bertz CT molecular complexity index is 453. The molecule has 2 N–H and O–H groups in total. The number of hydrogen-bond donors (Lipinski definition) is 2. The third-order valence-corrected chi connectivity index (χ3v) is 4.29. The van der Waals surface area contributed by atoms with Crippen LogP contribution in [0, 0.1) is 15.3 Å². The van der Waals surface area contributed by atoms with E-state index in [0.29, 0.717) is 21.6 Å². The van der Waals surface area contributed by atoms with E-state index >= 15 is 0 Å². The maximum Gasteiger partial charge on any atom is 0.251 e. The molecule has 1 fully saturated rings. The lowest BCUT2D eigenvalue weighted by Gasteiger charge is -2.22. The molecule has 1 aromatic rings. The zero-order valence-electron chi connectivity index (χ0n) is 11.1. The number of carbonyl (C=O) groups excluding carboxylic acids is 1. The van der Waals surface area contributed by atoms with Gasteiger partial charge < -0.3 is 10.6 Å². The van der Waals surface area contributed by atoms with E-state index in [0.717, 1.165) is 19.5 Å². The fourth-order valence-corrected chi connectivity index (χ4v) is 2.64. The number of benzene rings is 1. The minimum Gasteiger partial charge on any atom is -0.352 e. The molecule has 0 bridgehead atoms. The van der Waals surface area contributed by atoms with Crippen molar-refractivity contribution >= 4 is 40.9 Å². The number of halogens is 3. The van der Waals surface area contributed by atoms with Gasteiger partial charge in [0.05, 0.1) is 0 Å². The molecule has 0 saturated carbocycles. The molecule has 20 heavy (non-hydrogen) atoms. The van der Waals surface area contributed by atoms with Crippen LogP contribution in [0.4, 0.5) is 4.39 Å². The molecule has 1 aromatic carbocycles. The van der Waals surface area contributed by atoms with E-state index in [1.54, 1.807) is 12.1 Å². The lowest BCUT2D eigenvalue weighted by atomic mass is 9.96. The van der Waals surface area contributed by atoms with Crippen LogP contribution < -0.4 is 10.6 Å². The third-order valence-electron chi connectivity index (χ3n) is 3.42. The van der Waals surface area contributed by atoms with E-state index < -0.39 is 0 Å². The van der Waals surface area contributed by atoms with Crippen molar-refractivity contribution < 1.29 is 9.18 Å². The predicted molar refractivity (Wildman–Crippen MR) is 88.9 cm³/mol. The highest BCUT2D eigenvalue weighted by Gasteiger charge is 2.13. The summed E-state index contributed by atoms with van der Waals surface area (Å²) in [5.41, 5.74) is 0.389. The van der Waals surface area contributed by atoms with Gasteiger partial charge in [-0.1, -0.05) is 0 Å². The number of carbonyl (C=O) groups is 1. The summed E-state index contributed by atoms with van der Waals surface area (Å²) in [4.78, 5) is 11.9. The van der Waals surface area contributed by atoms with Crippen molar-refractivity contribution in [3.05, 3.63) is 33.1 Å². The van der Waals surface area contributed by atoms with Gasteiger partial charge in [-0.25, -0.2) is 4.39 Å². The van der Waals surface area contributed by atoms with Crippen LogP contribution in [0.5, 0.6) is 0 Å². The molecule has 0 radical (unpaired) electrons. The van der Waals surface area contributed by atoms with Crippen molar-refractivity contribution in [2.24, 2.45) is 5.92 Å². The summed E-state index contributed by atoms with van der Waals surface area (Å²) in [5, 5.41) is 6.21. The number of hydrogen-bond acceptors (Lipinski definition) is 2. The molecule has 1 heterocycles. The van der Waals surface area contributed by atoms with Gasteiger partial charge in [0.15, 0.2) is 0 Å². The maximum atomic E-state index is 13.4. The molecule has 0 aliphatic carbocycles. The molecule has 0 spiro atoms. The Hall–Kier alpha value is -0.400. The summed E-state index contributed by atoms with van der Waals surface area (Å²) in [6.07, 6.45) is 3.41. The first-order valence-corrected chi connectivity index (χ1v) is 7.68. The quantitative estimate of drug-likeness (QED) is 0.747. The van der Waals surface area contributed by atoms with Gasteiger partial charge in [-0.2, -0.15) is 0 Å². The highest BCUT2D eigenvalue weighted by Crippen LogP contribution is 2.14. The van der Waals surface area contributed by atoms with Gasteiger partial charge in [0, 0.05) is 15.7 Å². The van der Waals surface area contributed by atoms with Crippen LogP contribution >= 0.6 is 35.0 Å². The van der Waals surface area contributed by atoms with Crippen LogP contribution in [0.1, 0.15) is 29.6 Å². The zero-order valence-corrected chi connectivity index (χ0v) is 14.1. The SMILES string of the molecule is Cl.O=C(NCCC1CCCNC1)c1ccc(I)c(F)c1. The minimum atomic E-state index is -0.343. The fourth-order valence-electron chi connectivity index (χ4n) is 2.30. The van der Waals surface area contributed by atoms with Crippen LogP contribution in [0.3, 0.4) is 0 Å². The van der Waals surface area contributed by atoms with E-state index in [1.165, 1.54) is 18.9 Å². The third kappa shape index (κ3) is 5.18. The molecule has 112 valence electrons. The van der Waals surface area contributed by atoms with Crippen molar-refractivity contribution in [3.63, 3.8) is 0 Å².